The molecule has 0 amide bonds. The van der Waals surface area contributed by atoms with Gasteiger partial charge < -0.3 is 9.47 Å². The van der Waals surface area contributed by atoms with Crippen molar-refractivity contribution in [3.63, 3.8) is 0 Å². The second-order valence-corrected chi connectivity index (χ2v) is 4.67. The number of carbonyl (C=O) groups is 1. The van der Waals surface area contributed by atoms with E-state index in [4.69, 9.17) is 9.47 Å². The largest absolute Gasteiger partial charge is 0.492 e. The minimum atomic E-state index is -0.323. The van der Waals surface area contributed by atoms with Crippen LogP contribution in [0.4, 0.5) is 0 Å². The van der Waals surface area contributed by atoms with Gasteiger partial charge in [-0.2, -0.15) is 0 Å². The molecule has 0 bridgehead atoms. The lowest BCUT2D eigenvalue weighted by Gasteiger charge is -2.19. The fourth-order valence-electron chi connectivity index (χ4n) is 1.67. The van der Waals surface area contributed by atoms with E-state index in [0.717, 1.165) is 5.75 Å². The van der Waals surface area contributed by atoms with Crippen LogP contribution in [0.5, 0.6) is 5.75 Å². The van der Waals surface area contributed by atoms with Gasteiger partial charge in [0.05, 0.1) is 6.61 Å². The lowest BCUT2D eigenvalue weighted by molar-refractivity contribution is -0.145. The molecule has 4 nitrogen and oxygen atoms in total. The number of nitrogens with one attached hydrogen (secondary N) is 1. The molecule has 0 aromatic heterocycles. The van der Waals surface area contributed by atoms with E-state index in [2.05, 4.69) is 5.32 Å². The number of benzene rings is 1. The summed E-state index contributed by atoms with van der Waals surface area (Å²) in [6.07, 6.45) is 0. The quantitative estimate of drug-likeness (QED) is 0.769. The maximum Gasteiger partial charge on any atom is 0.322 e. The van der Waals surface area contributed by atoms with Crippen molar-refractivity contribution < 1.29 is 14.3 Å². The normalized spacial score (nSPS) is 13.7. The van der Waals surface area contributed by atoms with Crippen LogP contribution in [0.1, 0.15) is 26.3 Å². The lowest BCUT2D eigenvalue weighted by atomic mass is 10.2. The third-order valence-corrected chi connectivity index (χ3v) is 2.70. The second-order valence-electron chi connectivity index (χ2n) is 4.67. The highest BCUT2D eigenvalue weighted by molar-refractivity contribution is 5.75. The van der Waals surface area contributed by atoms with Crippen molar-refractivity contribution in [2.24, 2.45) is 0 Å². The molecular weight excluding hydrogens is 242 g/mol. The lowest BCUT2D eigenvalue weighted by Crippen LogP contribution is -2.43. The standard InChI is InChI=1S/C15H23NO3/c1-5-18-15(17)13(4)16-12(3)10-19-14-8-6-11(2)7-9-14/h6-9,12-13,16H,5,10H2,1-4H3. The molecule has 1 rings (SSSR count). The van der Waals surface area contributed by atoms with Crippen LogP contribution < -0.4 is 10.1 Å². The summed E-state index contributed by atoms with van der Waals surface area (Å²) in [6, 6.07) is 7.65. The summed E-state index contributed by atoms with van der Waals surface area (Å²) in [7, 11) is 0. The van der Waals surface area contributed by atoms with Crippen molar-refractivity contribution in [2.45, 2.75) is 39.8 Å². The van der Waals surface area contributed by atoms with Crippen LogP contribution in [0, 0.1) is 6.92 Å². The van der Waals surface area contributed by atoms with Gasteiger partial charge in [0.1, 0.15) is 18.4 Å². The molecule has 2 atom stereocenters. The predicted molar refractivity (Wildman–Crippen MR) is 75.4 cm³/mol. The van der Waals surface area contributed by atoms with Gasteiger partial charge in [0.25, 0.3) is 0 Å². The minimum absolute atomic E-state index is 0.0701. The molecule has 0 fully saturated rings. The molecule has 0 aliphatic carbocycles. The molecule has 0 saturated heterocycles. The third-order valence-electron chi connectivity index (χ3n) is 2.70. The summed E-state index contributed by atoms with van der Waals surface area (Å²) >= 11 is 0. The van der Waals surface area contributed by atoms with Crippen LogP contribution in [-0.2, 0) is 9.53 Å². The van der Waals surface area contributed by atoms with Crippen molar-refractivity contribution in [2.75, 3.05) is 13.2 Å². The smallest absolute Gasteiger partial charge is 0.322 e. The van der Waals surface area contributed by atoms with Crippen molar-refractivity contribution in [1.82, 2.24) is 5.32 Å². The van der Waals surface area contributed by atoms with E-state index in [1.807, 2.05) is 38.1 Å². The van der Waals surface area contributed by atoms with Gasteiger partial charge in [-0.1, -0.05) is 17.7 Å². The van der Waals surface area contributed by atoms with Crippen LogP contribution in [-0.4, -0.2) is 31.3 Å². The van der Waals surface area contributed by atoms with E-state index in [9.17, 15) is 4.79 Å². The van der Waals surface area contributed by atoms with E-state index in [1.165, 1.54) is 5.56 Å². The molecule has 1 aromatic carbocycles. The molecule has 106 valence electrons. The maximum absolute atomic E-state index is 11.5. The molecule has 2 unspecified atom stereocenters. The van der Waals surface area contributed by atoms with Crippen LogP contribution >= 0.6 is 0 Å². The Morgan fingerprint density at radius 2 is 1.89 bits per heavy atom. The van der Waals surface area contributed by atoms with Gasteiger partial charge >= 0.3 is 5.97 Å². The van der Waals surface area contributed by atoms with Gasteiger partial charge in [-0.15, -0.1) is 0 Å². The minimum Gasteiger partial charge on any atom is -0.492 e. The summed E-state index contributed by atoms with van der Waals surface area (Å²) in [6.45, 7) is 8.51. The fourth-order valence-corrected chi connectivity index (χ4v) is 1.67. The Balaban J connectivity index is 2.33. The molecule has 19 heavy (non-hydrogen) atoms. The first-order valence-corrected chi connectivity index (χ1v) is 6.65. The molecule has 0 saturated carbocycles. The molecule has 0 radical (unpaired) electrons. The first-order chi connectivity index (χ1) is 9.02. The van der Waals surface area contributed by atoms with Crippen molar-refractivity contribution in [1.29, 1.82) is 0 Å². The van der Waals surface area contributed by atoms with Gasteiger partial charge in [0.2, 0.25) is 0 Å². The van der Waals surface area contributed by atoms with E-state index in [1.54, 1.807) is 13.8 Å². The second kappa shape index (κ2) is 7.79. The van der Waals surface area contributed by atoms with E-state index >= 15 is 0 Å². The zero-order chi connectivity index (χ0) is 14.3. The zero-order valence-electron chi connectivity index (χ0n) is 12.1. The Bertz CT molecular complexity index is 389. The zero-order valence-corrected chi connectivity index (χ0v) is 12.1. The molecule has 1 N–H and O–H groups in total. The fraction of sp³-hybridized carbons (Fsp3) is 0.533. The molecule has 0 aliphatic rings. The molecule has 0 heterocycles. The Morgan fingerprint density at radius 1 is 1.26 bits per heavy atom. The van der Waals surface area contributed by atoms with Gasteiger partial charge in [-0.05, 0) is 39.8 Å². The number of aryl methyl sites for hydroxylation is 1. The molecule has 4 heteroatoms. The summed E-state index contributed by atoms with van der Waals surface area (Å²) in [4.78, 5) is 11.5. The van der Waals surface area contributed by atoms with E-state index in [0.29, 0.717) is 13.2 Å². The van der Waals surface area contributed by atoms with Crippen LogP contribution in [0.25, 0.3) is 0 Å². The first kappa shape index (κ1) is 15.5. The Kier molecular flexibility index (Phi) is 6.36. The monoisotopic (exact) mass is 265 g/mol. The molecule has 0 aliphatic heterocycles. The summed E-state index contributed by atoms with van der Waals surface area (Å²) < 4.78 is 10.6. The highest BCUT2D eigenvalue weighted by Crippen LogP contribution is 2.11. The van der Waals surface area contributed by atoms with Crippen molar-refractivity contribution >= 4 is 5.97 Å². The number of carbonyl (C=O) groups excluding carboxylic acids is 1. The SMILES string of the molecule is CCOC(=O)C(C)NC(C)COc1ccc(C)cc1. The highest BCUT2D eigenvalue weighted by Gasteiger charge is 2.16. The van der Waals surface area contributed by atoms with Crippen molar-refractivity contribution in [3.8, 4) is 5.75 Å². The van der Waals surface area contributed by atoms with Crippen LogP contribution in [0.3, 0.4) is 0 Å². The number of ether oxygens (including phenoxy) is 2. The average molecular weight is 265 g/mol. The Labute approximate surface area is 115 Å². The van der Waals surface area contributed by atoms with E-state index in [-0.39, 0.29) is 18.1 Å². The Morgan fingerprint density at radius 3 is 2.47 bits per heavy atom. The molecule has 1 aromatic rings. The Hall–Kier alpha value is -1.55. The molecular formula is C15H23NO3. The van der Waals surface area contributed by atoms with Gasteiger partial charge in [0, 0.05) is 6.04 Å². The summed E-state index contributed by atoms with van der Waals surface area (Å²) in [5, 5.41) is 3.15. The van der Waals surface area contributed by atoms with Crippen LogP contribution in [0.2, 0.25) is 0 Å². The topological polar surface area (TPSA) is 47.6 Å². The van der Waals surface area contributed by atoms with Gasteiger partial charge in [-0.3, -0.25) is 10.1 Å². The number of rotatable bonds is 7. The summed E-state index contributed by atoms with van der Waals surface area (Å²) in [5.41, 5.74) is 1.20. The maximum atomic E-state index is 11.5. The molecule has 0 spiro atoms. The first-order valence-electron chi connectivity index (χ1n) is 6.65. The van der Waals surface area contributed by atoms with Crippen LogP contribution in [0.15, 0.2) is 24.3 Å². The number of hydrogen-bond acceptors (Lipinski definition) is 4. The van der Waals surface area contributed by atoms with Gasteiger partial charge in [0.15, 0.2) is 0 Å². The summed E-state index contributed by atoms with van der Waals surface area (Å²) in [5.74, 6) is 0.604. The highest BCUT2D eigenvalue weighted by atomic mass is 16.5. The predicted octanol–water partition coefficient (Wildman–Crippen LogP) is 2.30. The average Bonchev–Trinajstić information content (AvgIpc) is 2.38. The van der Waals surface area contributed by atoms with Crippen molar-refractivity contribution in [3.05, 3.63) is 29.8 Å². The number of esters is 1. The van der Waals surface area contributed by atoms with Gasteiger partial charge in [-0.25, -0.2) is 0 Å². The number of hydrogen-bond donors (Lipinski definition) is 1. The third kappa shape index (κ3) is 5.75. The van der Waals surface area contributed by atoms with E-state index < -0.39 is 0 Å².